The molecule has 0 radical (unpaired) electrons. The first kappa shape index (κ1) is 13.5. The van der Waals surface area contributed by atoms with E-state index >= 15 is 0 Å². The molecule has 0 fully saturated rings. The Balaban J connectivity index is 2.35. The highest BCUT2D eigenvalue weighted by atomic mass is 16.4. The lowest BCUT2D eigenvalue weighted by molar-refractivity contribution is -0.138. The lowest BCUT2D eigenvalue weighted by Gasteiger charge is -2.17. The van der Waals surface area contributed by atoms with E-state index in [2.05, 4.69) is 10.2 Å². The monoisotopic (exact) mass is 276 g/mol. The zero-order valence-electron chi connectivity index (χ0n) is 10.4. The number of carboxylic acids is 1. The number of H-pyrrole nitrogens is 1. The number of aromatic nitrogens is 2. The van der Waals surface area contributed by atoms with Gasteiger partial charge in [0.1, 0.15) is 13.1 Å². The molecule has 0 unspecified atom stereocenters. The van der Waals surface area contributed by atoms with Gasteiger partial charge in [-0.15, -0.1) is 0 Å². The van der Waals surface area contributed by atoms with Crippen LogP contribution < -0.4 is 5.73 Å². The fraction of sp³-hybridized carbons (Fsp3) is 0.167. The number of para-hydroxylation sites is 1. The fourth-order valence-electron chi connectivity index (χ4n) is 1.83. The van der Waals surface area contributed by atoms with Gasteiger partial charge in [-0.1, -0.05) is 18.2 Å². The summed E-state index contributed by atoms with van der Waals surface area (Å²) in [6.07, 6.45) is 0. The van der Waals surface area contributed by atoms with Crippen molar-refractivity contribution >= 4 is 28.7 Å². The van der Waals surface area contributed by atoms with Crippen LogP contribution >= 0.6 is 0 Å². The highest BCUT2D eigenvalue weighted by molar-refractivity contribution is 6.06. The number of rotatable bonds is 5. The van der Waals surface area contributed by atoms with Gasteiger partial charge in [0.15, 0.2) is 5.69 Å². The van der Waals surface area contributed by atoms with Gasteiger partial charge in [0.25, 0.3) is 5.91 Å². The second kappa shape index (κ2) is 5.39. The van der Waals surface area contributed by atoms with Gasteiger partial charge in [-0.25, -0.2) is 0 Å². The Labute approximate surface area is 113 Å². The zero-order valence-corrected chi connectivity index (χ0v) is 10.4. The predicted octanol–water partition coefficient (Wildman–Crippen LogP) is -0.425. The van der Waals surface area contributed by atoms with Crippen LogP contribution in [0.1, 0.15) is 10.5 Å². The molecule has 1 heterocycles. The number of aliphatic carboxylic acids is 1. The van der Waals surface area contributed by atoms with Gasteiger partial charge in [-0.3, -0.25) is 19.5 Å². The van der Waals surface area contributed by atoms with Crippen LogP contribution in [-0.2, 0) is 9.59 Å². The van der Waals surface area contributed by atoms with Crippen LogP contribution in [0.15, 0.2) is 24.3 Å². The van der Waals surface area contributed by atoms with E-state index in [9.17, 15) is 14.4 Å². The minimum Gasteiger partial charge on any atom is -0.480 e. The highest BCUT2D eigenvalue weighted by Gasteiger charge is 2.24. The maximum atomic E-state index is 12.3. The molecule has 0 spiro atoms. The summed E-state index contributed by atoms with van der Waals surface area (Å²) < 4.78 is 0. The summed E-state index contributed by atoms with van der Waals surface area (Å²) in [7, 11) is 0. The normalized spacial score (nSPS) is 10.4. The van der Waals surface area contributed by atoms with Gasteiger partial charge in [-0.05, 0) is 6.07 Å². The van der Waals surface area contributed by atoms with Gasteiger partial charge in [0, 0.05) is 5.39 Å². The Morgan fingerprint density at radius 3 is 2.60 bits per heavy atom. The fourth-order valence-corrected chi connectivity index (χ4v) is 1.83. The Hall–Kier alpha value is -2.90. The standard InChI is InChI=1S/C12H12N4O4/c13-9(17)5-16(6-10(18)19)12(20)11-7-3-1-2-4-8(7)14-15-11/h1-4H,5-6H2,(H2,13,17)(H,14,15)(H,18,19). The first-order valence-corrected chi connectivity index (χ1v) is 5.71. The van der Waals surface area contributed by atoms with E-state index < -0.39 is 30.9 Å². The minimum absolute atomic E-state index is 0.0584. The van der Waals surface area contributed by atoms with Gasteiger partial charge in [0.05, 0.1) is 5.52 Å². The number of amides is 2. The summed E-state index contributed by atoms with van der Waals surface area (Å²) in [5.74, 6) is -2.69. The smallest absolute Gasteiger partial charge is 0.323 e. The molecule has 0 aliphatic carbocycles. The summed E-state index contributed by atoms with van der Waals surface area (Å²) in [5, 5.41) is 15.9. The van der Waals surface area contributed by atoms with Crippen molar-refractivity contribution in [1.82, 2.24) is 15.1 Å². The first-order valence-electron chi connectivity index (χ1n) is 5.71. The third-order valence-corrected chi connectivity index (χ3v) is 2.63. The second-order valence-corrected chi connectivity index (χ2v) is 4.14. The lowest BCUT2D eigenvalue weighted by Crippen LogP contribution is -2.41. The number of carboxylic acid groups (broad SMARTS) is 1. The van der Waals surface area contributed by atoms with Gasteiger partial charge in [0.2, 0.25) is 5.91 Å². The molecular formula is C12H12N4O4. The zero-order chi connectivity index (χ0) is 14.7. The van der Waals surface area contributed by atoms with Crippen LogP contribution in [0.4, 0.5) is 0 Å². The molecule has 0 saturated heterocycles. The minimum atomic E-state index is -1.24. The van der Waals surface area contributed by atoms with Gasteiger partial charge >= 0.3 is 5.97 Å². The van der Waals surface area contributed by atoms with E-state index in [4.69, 9.17) is 10.8 Å². The van der Waals surface area contributed by atoms with E-state index in [1.165, 1.54) is 0 Å². The number of hydrogen-bond donors (Lipinski definition) is 3. The van der Waals surface area contributed by atoms with Crippen molar-refractivity contribution in [3.8, 4) is 0 Å². The molecule has 8 heteroatoms. The SMILES string of the molecule is NC(=O)CN(CC(=O)O)C(=O)c1n[nH]c2ccccc12. The third kappa shape index (κ3) is 2.74. The number of aromatic amines is 1. The Morgan fingerprint density at radius 2 is 1.95 bits per heavy atom. The summed E-state index contributed by atoms with van der Waals surface area (Å²) >= 11 is 0. The van der Waals surface area contributed by atoms with Crippen molar-refractivity contribution in [2.75, 3.05) is 13.1 Å². The largest absolute Gasteiger partial charge is 0.480 e. The van der Waals surface area contributed by atoms with Crippen molar-refractivity contribution in [2.24, 2.45) is 5.73 Å². The number of carbonyl (C=O) groups excluding carboxylic acids is 2. The molecule has 0 aliphatic rings. The average molecular weight is 276 g/mol. The van der Waals surface area contributed by atoms with Crippen molar-refractivity contribution in [3.05, 3.63) is 30.0 Å². The molecule has 0 aliphatic heterocycles. The molecule has 0 saturated carbocycles. The summed E-state index contributed by atoms with van der Waals surface area (Å²) in [5.41, 5.74) is 5.72. The first-order chi connectivity index (χ1) is 9.49. The number of carbonyl (C=O) groups is 3. The van der Waals surface area contributed by atoms with Crippen molar-refractivity contribution < 1.29 is 19.5 Å². The Bertz CT molecular complexity index is 663. The lowest BCUT2D eigenvalue weighted by atomic mass is 10.2. The van der Waals surface area contributed by atoms with E-state index in [-0.39, 0.29) is 5.69 Å². The third-order valence-electron chi connectivity index (χ3n) is 2.63. The van der Waals surface area contributed by atoms with E-state index in [1.54, 1.807) is 24.3 Å². The molecule has 0 bridgehead atoms. The van der Waals surface area contributed by atoms with E-state index in [0.717, 1.165) is 4.90 Å². The molecule has 2 aromatic rings. The molecule has 1 aromatic carbocycles. The van der Waals surface area contributed by atoms with E-state index in [0.29, 0.717) is 10.9 Å². The van der Waals surface area contributed by atoms with Crippen LogP contribution in [-0.4, -0.2) is 51.1 Å². The number of nitrogens with zero attached hydrogens (tertiary/aromatic N) is 2. The summed E-state index contributed by atoms with van der Waals surface area (Å²) in [4.78, 5) is 34.8. The number of primary amides is 1. The summed E-state index contributed by atoms with van der Waals surface area (Å²) in [6.45, 7) is -1.10. The van der Waals surface area contributed by atoms with Crippen molar-refractivity contribution in [1.29, 1.82) is 0 Å². The number of benzene rings is 1. The summed E-state index contributed by atoms with van der Waals surface area (Å²) in [6, 6.07) is 6.90. The van der Waals surface area contributed by atoms with Crippen molar-refractivity contribution in [2.45, 2.75) is 0 Å². The maximum Gasteiger partial charge on any atom is 0.323 e. The molecule has 2 amide bonds. The predicted molar refractivity (Wildman–Crippen MR) is 68.8 cm³/mol. The molecular weight excluding hydrogens is 264 g/mol. The molecule has 8 nitrogen and oxygen atoms in total. The van der Waals surface area contributed by atoms with Crippen molar-refractivity contribution in [3.63, 3.8) is 0 Å². The molecule has 0 atom stereocenters. The van der Waals surface area contributed by atoms with Gasteiger partial charge in [-0.2, -0.15) is 5.10 Å². The number of nitrogens with one attached hydrogen (secondary N) is 1. The van der Waals surface area contributed by atoms with Crippen LogP contribution in [0, 0.1) is 0 Å². The van der Waals surface area contributed by atoms with Crippen LogP contribution in [0.5, 0.6) is 0 Å². The van der Waals surface area contributed by atoms with Crippen LogP contribution in [0.3, 0.4) is 0 Å². The van der Waals surface area contributed by atoms with E-state index in [1.807, 2.05) is 0 Å². The molecule has 4 N–H and O–H groups in total. The maximum absolute atomic E-state index is 12.3. The quantitative estimate of drug-likeness (QED) is 0.682. The molecule has 1 aromatic heterocycles. The molecule has 20 heavy (non-hydrogen) atoms. The molecule has 104 valence electrons. The highest BCUT2D eigenvalue weighted by Crippen LogP contribution is 2.16. The second-order valence-electron chi connectivity index (χ2n) is 4.14. The molecule has 2 rings (SSSR count). The number of nitrogens with two attached hydrogens (primary N) is 1. The topological polar surface area (TPSA) is 129 Å². The average Bonchev–Trinajstić information content (AvgIpc) is 2.79. The number of fused-ring (bicyclic) bond motifs is 1. The number of hydrogen-bond acceptors (Lipinski definition) is 4. The van der Waals surface area contributed by atoms with Gasteiger partial charge < -0.3 is 15.7 Å². The Kier molecular flexibility index (Phi) is 3.65. The Morgan fingerprint density at radius 1 is 1.25 bits per heavy atom. The van der Waals surface area contributed by atoms with Crippen LogP contribution in [0.25, 0.3) is 10.9 Å². The van der Waals surface area contributed by atoms with Crippen LogP contribution in [0.2, 0.25) is 0 Å².